The number of imidazole rings is 1. The quantitative estimate of drug-likeness (QED) is 0.585. The summed E-state index contributed by atoms with van der Waals surface area (Å²) in [6.45, 7) is 0. The molecule has 0 aliphatic rings. The molecule has 12 heavy (non-hydrogen) atoms. The van der Waals surface area contributed by atoms with Crippen LogP contribution in [0.15, 0.2) is 24.7 Å². The van der Waals surface area contributed by atoms with Gasteiger partial charge in [0.05, 0.1) is 5.56 Å². The molecule has 2 aromatic rings. The Morgan fingerprint density at radius 3 is 3.17 bits per heavy atom. The molecule has 2 heterocycles. The molecule has 0 spiro atoms. The van der Waals surface area contributed by atoms with Gasteiger partial charge in [-0.05, 0) is 28.7 Å². The van der Waals surface area contributed by atoms with Crippen molar-refractivity contribution in [3.8, 4) is 0 Å². The van der Waals surface area contributed by atoms with E-state index in [9.17, 15) is 4.79 Å². The maximum atomic E-state index is 10.6. The van der Waals surface area contributed by atoms with Gasteiger partial charge in [0.25, 0.3) is 0 Å². The summed E-state index contributed by atoms with van der Waals surface area (Å²) in [6, 6.07) is 1.82. The molecular weight excluding hydrogens is 267 g/mol. The molecule has 0 saturated heterocycles. The Morgan fingerprint density at radius 1 is 1.58 bits per heavy atom. The van der Waals surface area contributed by atoms with Gasteiger partial charge in [0.2, 0.25) is 0 Å². The highest BCUT2D eigenvalue weighted by Crippen LogP contribution is 2.11. The van der Waals surface area contributed by atoms with Crippen LogP contribution in [0.3, 0.4) is 0 Å². The smallest absolute Gasteiger partial charge is 0.153 e. The molecule has 60 valence electrons. The van der Waals surface area contributed by atoms with E-state index in [4.69, 9.17) is 0 Å². The Hall–Kier alpha value is -0.910. The number of hydrogen-bond acceptors (Lipinski definition) is 2. The molecule has 0 unspecified atom stereocenters. The third-order valence-corrected chi connectivity index (χ3v) is 2.20. The fourth-order valence-corrected chi connectivity index (χ4v) is 1.75. The number of aromatic nitrogens is 2. The predicted octanol–water partition coefficient (Wildman–Crippen LogP) is 1.75. The lowest BCUT2D eigenvalue weighted by Crippen LogP contribution is -1.91. The van der Waals surface area contributed by atoms with Gasteiger partial charge in [0, 0.05) is 22.2 Å². The first-order chi connectivity index (χ1) is 5.81. The Morgan fingerprint density at radius 2 is 2.42 bits per heavy atom. The van der Waals surface area contributed by atoms with Crippen LogP contribution in [0.4, 0.5) is 0 Å². The van der Waals surface area contributed by atoms with Crippen molar-refractivity contribution in [2.75, 3.05) is 0 Å². The van der Waals surface area contributed by atoms with Crippen molar-refractivity contribution in [2.24, 2.45) is 0 Å². The van der Waals surface area contributed by atoms with Crippen molar-refractivity contribution in [3.05, 3.63) is 33.8 Å². The summed E-state index contributed by atoms with van der Waals surface area (Å²) in [4.78, 5) is 14.7. The third kappa shape index (κ3) is 1.12. The first kappa shape index (κ1) is 7.72. The van der Waals surface area contributed by atoms with Crippen LogP contribution in [0, 0.1) is 3.57 Å². The molecule has 2 rings (SSSR count). The molecule has 4 heteroatoms. The van der Waals surface area contributed by atoms with E-state index in [1.54, 1.807) is 6.20 Å². The van der Waals surface area contributed by atoms with Crippen molar-refractivity contribution in [1.82, 2.24) is 9.38 Å². The van der Waals surface area contributed by atoms with Crippen molar-refractivity contribution in [1.29, 1.82) is 0 Å². The number of pyridine rings is 1. The molecule has 0 fully saturated rings. The normalized spacial score (nSPS) is 10.4. The number of aldehydes is 1. The lowest BCUT2D eigenvalue weighted by molar-refractivity contribution is 0.112. The molecule has 0 atom stereocenters. The minimum absolute atomic E-state index is 0.631. The first-order valence-corrected chi connectivity index (χ1v) is 4.46. The maximum Gasteiger partial charge on any atom is 0.153 e. The van der Waals surface area contributed by atoms with Crippen LogP contribution in [0.25, 0.3) is 5.65 Å². The van der Waals surface area contributed by atoms with Gasteiger partial charge in [0.15, 0.2) is 6.29 Å². The number of hydrogen-bond donors (Lipinski definition) is 0. The zero-order valence-electron chi connectivity index (χ0n) is 6.07. The lowest BCUT2D eigenvalue weighted by Gasteiger charge is -1.97. The molecule has 0 radical (unpaired) electrons. The SMILES string of the molecule is O=Cc1cc(I)cn2ccnc12. The molecule has 3 nitrogen and oxygen atoms in total. The van der Waals surface area contributed by atoms with Crippen LogP contribution in [0.1, 0.15) is 10.4 Å². The highest BCUT2D eigenvalue weighted by molar-refractivity contribution is 14.1. The highest BCUT2D eigenvalue weighted by Gasteiger charge is 2.01. The van der Waals surface area contributed by atoms with Crippen LogP contribution in [-0.4, -0.2) is 15.7 Å². The molecule has 0 aliphatic carbocycles. The van der Waals surface area contributed by atoms with Gasteiger partial charge in [0.1, 0.15) is 5.65 Å². The monoisotopic (exact) mass is 272 g/mol. The molecule has 0 N–H and O–H groups in total. The van der Waals surface area contributed by atoms with Gasteiger partial charge >= 0.3 is 0 Å². The van der Waals surface area contributed by atoms with Gasteiger partial charge in [-0.2, -0.15) is 0 Å². The molecule has 0 aromatic carbocycles. The number of carbonyl (C=O) groups is 1. The third-order valence-electron chi connectivity index (χ3n) is 1.61. The largest absolute Gasteiger partial charge is 0.305 e. The van der Waals surface area contributed by atoms with E-state index in [0.29, 0.717) is 11.2 Å². The fourth-order valence-electron chi connectivity index (χ4n) is 1.11. The zero-order chi connectivity index (χ0) is 8.55. The molecular formula is C8H5IN2O. The summed E-state index contributed by atoms with van der Waals surface area (Å²) >= 11 is 2.17. The number of rotatable bonds is 1. The van der Waals surface area contributed by atoms with Gasteiger partial charge in [-0.1, -0.05) is 0 Å². The highest BCUT2D eigenvalue weighted by atomic mass is 127. The average Bonchev–Trinajstić information content (AvgIpc) is 2.50. The number of carbonyl (C=O) groups excluding carboxylic acids is 1. The van der Waals surface area contributed by atoms with E-state index >= 15 is 0 Å². The van der Waals surface area contributed by atoms with Gasteiger partial charge in [-0.25, -0.2) is 4.98 Å². The first-order valence-electron chi connectivity index (χ1n) is 3.38. The molecule has 0 bridgehead atoms. The summed E-state index contributed by atoms with van der Waals surface area (Å²) in [5, 5.41) is 0. The van der Waals surface area contributed by atoms with E-state index < -0.39 is 0 Å². The Labute approximate surface area is 82.6 Å². The van der Waals surface area contributed by atoms with Gasteiger partial charge in [-0.15, -0.1) is 0 Å². The van der Waals surface area contributed by atoms with Crippen LogP contribution >= 0.6 is 22.6 Å². The van der Waals surface area contributed by atoms with Gasteiger partial charge in [-0.3, -0.25) is 4.79 Å². The van der Waals surface area contributed by atoms with Crippen molar-refractivity contribution >= 4 is 34.5 Å². The zero-order valence-corrected chi connectivity index (χ0v) is 8.22. The fraction of sp³-hybridized carbons (Fsp3) is 0. The second-order valence-electron chi connectivity index (χ2n) is 2.39. The Balaban J connectivity index is 2.88. The standard InChI is InChI=1S/C8H5IN2O/c9-7-3-6(5-12)8-10-1-2-11(8)4-7/h1-5H. The van der Waals surface area contributed by atoms with Crippen molar-refractivity contribution in [2.45, 2.75) is 0 Å². The summed E-state index contributed by atoms with van der Waals surface area (Å²) in [7, 11) is 0. The van der Waals surface area contributed by atoms with E-state index in [1.165, 1.54) is 0 Å². The lowest BCUT2D eigenvalue weighted by atomic mass is 10.3. The minimum Gasteiger partial charge on any atom is -0.305 e. The Bertz CT molecular complexity index is 436. The maximum absolute atomic E-state index is 10.6. The van der Waals surface area contributed by atoms with Crippen LogP contribution in [-0.2, 0) is 0 Å². The second kappa shape index (κ2) is 2.85. The number of fused-ring (bicyclic) bond motifs is 1. The molecule has 2 aromatic heterocycles. The summed E-state index contributed by atoms with van der Waals surface area (Å²) in [5.74, 6) is 0. The topological polar surface area (TPSA) is 34.4 Å². The summed E-state index contributed by atoms with van der Waals surface area (Å²) in [6.07, 6.45) is 6.25. The summed E-state index contributed by atoms with van der Waals surface area (Å²) in [5.41, 5.74) is 1.34. The van der Waals surface area contributed by atoms with E-state index in [2.05, 4.69) is 27.6 Å². The van der Waals surface area contributed by atoms with Crippen LogP contribution in [0.5, 0.6) is 0 Å². The number of halogens is 1. The summed E-state index contributed by atoms with van der Waals surface area (Å²) < 4.78 is 2.87. The molecule has 0 amide bonds. The average molecular weight is 272 g/mol. The second-order valence-corrected chi connectivity index (χ2v) is 3.64. The van der Waals surface area contributed by atoms with E-state index in [-0.39, 0.29) is 0 Å². The molecule has 0 aliphatic heterocycles. The molecule has 0 saturated carbocycles. The van der Waals surface area contributed by atoms with Crippen LogP contribution < -0.4 is 0 Å². The van der Waals surface area contributed by atoms with Gasteiger partial charge < -0.3 is 4.40 Å². The number of nitrogens with zero attached hydrogens (tertiary/aromatic N) is 2. The van der Waals surface area contributed by atoms with Crippen molar-refractivity contribution in [3.63, 3.8) is 0 Å². The van der Waals surface area contributed by atoms with E-state index in [0.717, 1.165) is 9.86 Å². The predicted molar refractivity (Wildman–Crippen MR) is 53.3 cm³/mol. The van der Waals surface area contributed by atoms with Crippen molar-refractivity contribution < 1.29 is 4.79 Å². The minimum atomic E-state index is 0.631. The van der Waals surface area contributed by atoms with E-state index in [1.807, 2.05) is 22.9 Å². The Kier molecular flexibility index (Phi) is 1.84. The van der Waals surface area contributed by atoms with Crippen LogP contribution in [0.2, 0.25) is 0 Å².